The Morgan fingerprint density at radius 1 is 1.04 bits per heavy atom. The van der Waals surface area contributed by atoms with Gasteiger partial charge in [-0.25, -0.2) is 0 Å². The summed E-state index contributed by atoms with van der Waals surface area (Å²) in [7, 11) is 1.84. The van der Waals surface area contributed by atoms with Crippen LogP contribution >= 0.6 is 0 Å². The molecular weight excluding hydrogens is 314 g/mol. The smallest absolute Gasteiger partial charge is 0.223 e. The summed E-state index contributed by atoms with van der Waals surface area (Å²) in [4.78, 5) is 14.6. The van der Waals surface area contributed by atoms with E-state index in [1.54, 1.807) is 4.90 Å². The van der Waals surface area contributed by atoms with Crippen LogP contribution in [0.4, 0.5) is 0 Å². The summed E-state index contributed by atoms with van der Waals surface area (Å²) in [5.74, 6) is 0.174. The second kappa shape index (κ2) is 8.79. The molecule has 0 aromatic heterocycles. The maximum absolute atomic E-state index is 12.8. The zero-order valence-electron chi connectivity index (χ0n) is 14.6. The van der Waals surface area contributed by atoms with E-state index in [4.69, 9.17) is 9.47 Å². The Kier molecular flexibility index (Phi) is 6.20. The first-order valence-electron chi connectivity index (χ1n) is 8.77. The van der Waals surface area contributed by atoms with Crippen LogP contribution in [0.25, 0.3) is 0 Å². The lowest BCUT2D eigenvalue weighted by atomic mass is 9.88. The number of rotatable bonds is 6. The van der Waals surface area contributed by atoms with E-state index in [0.717, 1.165) is 11.1 Å². The van der Waals surface area contributed by atoms with E-state index in [1.807, 2.05) is 43.4 Å². The number of carbonyl (C=O) groups is 1. The molecule has 4 nitrogen and oxygen atoms in total. The number of hydrogen-bond donors (Lipinski definition) is 0. The molecule has 1 saturated heterocycles. The molecule has 0 aliphatic carbocycles. The van der Waals surface area contributed by atoms with Crippen molar-refractivity contribution in [1.29, 1.82) is 0 Å². The third-order valence-corrected chi connectivity index (χ3v) is 4.57. The number of ether oxygens (including phenoxy) is 2. The molecular formula is C21H25NO3. The lowest BCUT2D eigenvalue weighted by Gasteiger charge is -2.28. The van der Waals surface area contributed by atoms with Crippen LogP contribution in [0.3, 0.4) is 0 Å². The Bertz CT molecular complexity index is 614. The molecule has 1 aliphatic rings. The van der Waals surface area contributed by atoms with Crippen molar-refractivity contribution in [3.05, 3.63) is 71.8 Å². The molecule has 4 heteroatoms. The number of hydrogen-bond acceptors (Lipinski definition) is 3. The molecule has 0 N–H and O–H groups in total. The largest absolute Gasteiger partial charge is 0.376 e. The number of benzene rings is 2. The Labute approximate surface area is 149 Å². The molecule has 0 bridgehead atoms. The van der Waals surface area contributed by atoms with E-state index in [9.17, 15) is 4.79 Å². The molecule has 0 spiro atoms. The van der Waals surface area contributed by atoms with Crippen molar-refractivity contribution in [2.24, 2.45) is 0 Å². The fraction of sp³-hybridized carbons (Fsp3) is 0.381. The van der Waals surface area contributed by atoms with Crippen molar-refractivity contribution in [1.82, 2.24) is 4.90 Å². The number of likely N-dealkylation sites (N-methyl/N-ethyl adjacent to an activating group) is 1. The van der Waals surface area contributed by atoms with Crippen LogP contribution in [0.2, 0.25) is 0 Å². The first-order valence-corrected chi connectivity index (χ1v) is 8.77. The standard InChI is InChI=1S/C21H25NO3/c1-22(15-19-16-24-12-13-25-19)21(23)14-20(17-8-4-2-5-9-17)18-10-6-3-7-11-18/h2-11,19-20H,12-16H2,1H3/t19-/m0/s1. The molecule has 2 aromatic rings. The van der Waals surface area contributed by atoms with Gasteiger partial charge in [-0.1, -0.05) is 60.7 Å². The molecule has 1 heterocycles. The average Bonchev–Trinajstić information content (AvgIpc) is 2.68. The van der Waals surface area contributed by atoms with E-state index in [-0.39, 0.29) is 17.9 Å². The molecule has 0 unspecified atom stereocenters. The molecule has 0 radical (unpaired) electrons. The maximum atomic E-state index is 12.8. The zero-order valence-corrected chi connectivity index (χ0v) is 14.6. The molecule has 1 aliphatic heterocycles. The highest BCUT2D eigenvalue weighted by molar-refractivity contribution is 5.77. The first kappa shape index (κ1) is 17.6. The van der Waals surface area contributed by atoms with Crippen molar-refractivity contribution in [2.75, 3.05) is 33.4 Å². The lowest BCUT2D eigenvalue weighted by molar-refractivity contribution is -0.136. The van der Waals surface area contributed by atoms with Gasteiger partial charge < -0.3 is 14.4 Å². The Balaban J connectivity index is 1.70. The second-order valence-corrected chi connectivity index (χ2v) is 6.42. The second-order valence-electron chi connectivity index (χ2n) is 6.42. The number of nitrogens with zero attached hydrogens (tertiary/aromatic N) is 1. The van der Waals surface area contributed by atoms with E-state index < -0.39 is 0 Å². The minimum Gasteiger partial charge on any atom is -0.376 e. The normalized spacial score (nSPS) is 17.4. The van der Waals surface area contributed by atoms with Gasteiger partial charge in [-0.15, -0.1) is 0 Å². The molecule has 1 amide bonds. The van der Waals surface area contributed by atoms with Gasteiger partial charge in [-0.05, 0) is 11.1 Å². The lowest BCUT2D eigenvalue weighted by Crippen LogP contribution is -2.41. The molecule has 3 rings (SSSR count). The number of amides is 1. The van der Waals surface area contributed by atoms with Crippen molar-refractivity contribution >= 4 is 5.91 Å². The summed E-state index contributed by atoms with van der Waals surface area (Å²) < 4.78 is 11.1. The van der Waals surface area contributed by atoms with Crippen LogP contribution in [-0.2, 0) is 14.3 Å². The van der Waals surface area contributed by atoms with E-state index >= 15 is 0 Å². The Morgan fingerprint density at radius 2 is 1.64 bits per heavy atom. The third-order valence-electron chi connectivity index (χ3n) is 4.57. The van der Waals surface area contributed by atoms with Gasteiger partial charge >= 0.3 is 0 Å². The van der Waals surface area contributed by atoms with E-state index in [1.165, 1.54) is 0 Å². The summed E-state index contributed by atoms with van der Waals surface area (Å²) >= 11 is 0. The van der Waals surface area contributed by atoms with Crippen LogP contribution in [-0.4, -0.2) is 50.3 Å². The fourth-order valence-electron chi connectivity index (χ4n) is 3.18. The summed E-state index contributed by atoms with van der Waals surface area (Å²) in [5.41, 5.74) is 2.32. The van der Waals surface area contributed by atoms with Crippen LogP contribution in [0.1, 0.15) is 23.5 Å². The van der Waals surface area contributed by atoms with Crippen molar-refractivity contribution in [3.8, 4) is 0 Å². The first-order chi connectivity index (χ1) is 12.2. The highest BCUT2D eigenvalue weighted by Crippen LogP contribution is 2.28. The SMILES string of the molecule is CN(C[C@H]1COCCO1)C(=O)CC(c1ccccc1)c1ccccc1. The van der Waals surface area contributed by atoms with Crippen molar-refractivity contribution in [3.63, 3.8) is 0 Å². The quantitative estimate of drug-likeness (QED) is 0.812. The number of carbonyl (C=O) groups excluding carboxylic acids is 1. The molecule has 132 valence electrons. The Hall–Kier alpha value is -2.17. The third kappa shape index (κ3) is 4.91. The monoisotopic (exact) mass is 339 g/mol. The van der Waals surface area contributed by atoms with Gasteiger partial charge in [0.05, 0.1) is 25.9 Å². The Morgan fingerprint density at radius 3 is 2.16 bits per heavy atom. The van der Waals surface area contributed by atoms with Gasteiger partial charge in [-0.3, -0.25) is 4.79 Å². The zero-order chi connectivity index (χ0) is 17.5. The molecule has 2 aromatic carbocycles. The summed E-state index contributed by atoms with van der Waals surface area (Å²) in [5, 5.41) is 0. The molecule has 0 saturated carbocycles. The minimum absolute atomic E-state index is 0.0328. The van der Waals surface area contributed by atoms with Crippen LogP contribution in [0.15, 0.2) is 60.7 Å². The van der Waals surface area contributed by atoms with Crippen molar-refractivity contribution in [2.45, 2.75) is 18.4 Å². The van der Waals surface area contributed by atoms with Gasteiger partial charge in [0.15, 0.2) is 0 Å². The van der Waals surface area contributed by atoms with Crippen LogP contribution in [0.5, 0.6) is 0 Å². The van der Waals surface area contributed by atoms with Gasteiger partial charge in [0.1, 0.15) is 0 Å². The molecule has 1 atom stereocenters. The average molecular weight is 339 g/mol. The summed E-state index contributed by atoms with van der Waals surface area (Å²) in [6.45, 7) is 2.36. The highest BCUT2D eigenvalue weighted by Gasteiger charge is 2.23. The topological polar surface area (TPSA) is 38.8 Å². The summed E-state index contributed by atoms with van der Waals surface area (Å²) in [6.07, 6.45) is 0.410. The minimum atomic E-state index is -0.0328. The van der Waals surface area contributed by atoms with E-state index in [2.05, 4.69) is 24.3 Å². The predicted molar refractivity (Wildman–Crippen MR) is 97.5 cm³/mol. The maximum Gasteiger partial charge on any atom is 0.223 e. The van der Waals surface area contributed by atoms with Gasteiger partial charge in [0, 0.05) is 25.9 Å². The van der Waals surface area contributed by atoms with E-state index in [0.29, 0.717) is 32.8 Å². The van der Waals surface area contributed by atoms with Crippen LogP contribution in [0, 0.1) is 0 Å². The van der Waals surface area contributed by atoms with Crippen molar-refractivity contribution < 1.29 is 14.3 Å². The molecule has 1 fully saturated rings. The van der Waals surface area contributed by atoms with Crippen LogP contribution < -0.4 is 0 Å². The van der Waals surface area contributed by atoms with Gasteiger partial charge in [0.2, 0.25) is 5.91 Å². The fourth-order valence-corrected chi connectivity index (χ4v) is 3.18. The highest BCUT2D eigenvalue weighted by atomic mass is 16.6. The molecule has 25 heavy (non-hydrogen) atoms. The summed E-state index contributed by atoms with van der Waals surface area (Å²) in [6, 6.07) is 20.4. The predicted octanol–water partition coefficient (Wildman–Crippen LogP) is 3.08. The van der Waals surface area contributed by atoms with Gasteiger partial charge in [-0.2, -0.15) is 0 Å². The van der Waals surface area contributed by atoms with Gasteiger partial charge in [0.25, 0.3) is 0 Å².